The number of thiazole rings is 1. The Morgan fingerprint density at radius 2 is 1.62 bits per heavy atom. The molecule has 2 aromatic heterocycles. The molecule has 5 aromatic rings. The molecule has 4 heterocycles. The van der Waals surface area contributed by atoms with Crippen molar-refractivity contribution in [3.8, 4) is 38.8 Å². The molecule has 0 radical (unpaired) electrons. The van der Waals surface area contributed by atoms with Crippen LogP contribution in [0.4, 0.5) is 0 Å². The molecule has 3 aromatic carbocycles. The van der Waals surface area contributed by atoms with Gasteiger partial charge in [-0.2, -0.15) is 4.98 Å². The van der Waals surface area contributed by atoms with Gasteiger partial charge in [-0.25, -0.2) is 4.98 Å². The fraction of sp³-hybridized carbons (Fsp3) is 0.214. The Morgan fingerprint density at radius 3 is 2.35 bits per heavy atom. The quantitative estimate of drug-likeness (QED) is 0.308. The Hall–Kier alpha value is -3.27. The standard InChI is InChI=1S/C28H22ClN3O4S/c29-20-12-22-21(31-28(32-22)36-24-14-35-25-23(33)13-34-26(24)25)11-19(20)17-5-1-15(2-6-17)16-3-7-18(8-4-16)27-30-9-10-37-27/h1-12,23-26,33H,13-14H2,(H,31,32)/t23-,24-,25-,26-/m1/s1. The Kier molecular flexibility index (Phi) is 5.71. The van der Waals surface area contributed by atoms with E-state index in [2.05, 4.69) is 63.5 Å². The fourth-order valence-corrected chi connectivity index (χ4v) is 5.90. The second kappa shape index (κ2) is 9.24. The number of hydrogen-bond acceptors (Lipinski definition) is 7. The normalized spacial score (nSPS) is 23.0. The van der Waals surface area contributed by atoms with Crippen molar-refractivity contribution < 1.29 is 19.3 Å². The molecular formula is C28H22ClN3O4S. The minimum atomic E-state index is -0.620. The van der Waals surface area contributed by atoms with Crippen LogP contribution in [-0.4, -0.2) is 57.7 Å². The van der Waals surface area contributed by atoms with Crippen molar-refractivity contribution in [2.24, 2.45) is 0 Å². The number of aliphatic hydroxyl groups excluding tert-OH is 1. The highest BCUT2D eigenvalue weighted by Crippen LogP contribution is 2.35. The lowest BCUT2D eigenvalue weighted by Gasteiger charge is -2.15. The highest BCUT2D eigenvalue weighted by Gasteiger charge is 2.48. The second-order valence-corrected chi connectivity index (χ2v) is 10.5. The van der Waals surface area contributed by atoms with E-state index in [0.29, 0.717) is 17.6 Å². The summed E-state index contributed by atoms with van der Waals surface area (Å²) in [5.74, 6) is 0. The molecular weight excluding hydrogens is 510 g/mol. The number of hydrogen-bond donors (Lipinski definition) is 2. The number of H-pyrrole nitrogens is 1. The molecule has 0 bridgehead atoms. The highest BCUT2D eigenvalue weighted by atomic mass is 35.5. The van der Waals surface area contributed by atoms with E-state index in [9.17, 15) is 5.11 Å². The summed E-state index contributed by atoms with van der Waals surface area (Å²) >= 11 is 8.30. The molecule has 0 amide bonds. The second-order valence-electron chi connectivity index (χ2n) is 9.20. The smallest absolute Gasteiger partial charge is 0.295 e. The highest BCUT2D eigenvalue weighted by molar-refractivity contribution is 7.13. The van der Waals surface area contributed by atoms with Crippen LogP contribution in [0.2, 0.25) is 5.02 Å². The molecule has 0 spiro atoms. The number of aliphatic hydroxyl groups is 1. The maximum Gasteiger partial charge on any atom is 0.295 e. The first-order valence-corrected chi connectivity index (χ1v) is 13.3. The van der Waals surface area contributed by atoms with Crippen molar-refractivity contribution in [1.82, 2.24) is 15.0 Å². The van der Waals surface area contributed by atoms with E-state index in [4.69, 9.17) is 25.8 Å². The molecule has 7 nitrogen and oxygen atoms in total. The number of halogens is 1. The van der Waals surface area contributed by atoms with Crippen molar-refractivity contribution in [2.75, 3.05) is 13.2 Å². The molecule has 9 heteroatoms. The van der Waals surface area contributed by atoms with Gasteiger partial charge in [0.25, 0.3) is 6.01 Å². The Balaban J connectivity index is 1.11. The minimum absolute atomic E-state index is 0.255. The number of aromatic amines is 1. The number of nitrogens with zero attached hydrogens (tertiary/aromatic N) is 2. The van der Waals surface area contributed by atoms with Gasteiger partial charge in [0, 0.05) is 22.7 Å². The number of imidazole rings is 1. The van der Waals surface area contributed by atoms with Crippen LogP contribution in [-0.2, 0) is 9.47 Å². The van der Waals surface area contributed by atoms with Gasteiger partial charge < -0.3 is 24.3 Å². The zero-order chi connectivity index (χ0) is 24.9. The van der Waals surface area contributed by atoms with Gasteiger partial charge in [-0.15, -0.1) is 11.3 Å². The molecule has 2 aliphatic heterocycles. The number of nitrogens with one attached hydrogen (secondary N) is 1. The van der Waals surface area contributed by atoms with Gasteiger partial charge in [0.15, 0.2) is 6.10 Å². The lowest BCUT2D eigenvalue weighted by Crippen LogP contribution is -2.34. The van der Waals surface area contributed by atoms with Gasteiger partial charge in [0.1, 0.15) is 23.3 Å². The topological polar surface area (TPSA) is 89.5 Å². The van der Waals surface area contributed by atoms with Gasteiger partial charge in [0.2, 0.25) is 0 Å². The first-order chi connectivity index (χ1) is 18.1. The van der Waals surface area contributed by atoms with Crippen LogP contribution in [0.3, 0.4) is 0 Å². The number of fused-ring (bicyclic) bond motifs is 2. The Morgan fingerprint density at radius 1 is 0.919 bits per heavy atom. The summed E-state index contributed by atoms with van der Waals surface area (Å²) in [7, 11) is 0. The van der Waals surface area contributed by atoms with Crippen LogP contribution in [0.5, 0.6) is 6.01 Å². The van der Waals surface area contributed by atoms with Gasteiger partial charge in [-0.05, 0) is 28.8 Å². The fourth-order valence-electron chi connectivity index (χ4n) is 4.99. The minimum Gasteiger partial charge on any atom is -0.456 e. The molecule has 7 rings (SSSR count). The van der Waals surface area contributed by atoms with Crippen molar-refractivity contribution >= 4 is 34.0 Å². The van der Waals surface area contributed by atoms with Crippen molar-refractivity contribution in [3.63, 3.8) is 0 Å². The number of aromatic nitrogens is 3. The Labute approximate surface area is 221 Å². The molecule has 4 atom stereocenters. The molecule has 2 aliphatic rings. The molecule has 0 unspecified atom stereocenters. The average Bonchev–Trinajstić information content (AvgIpc) is 3.71. The summed E-state index contributed by atoms with van der Waals surface area (Å²) in [4.78, 5) is 12.2. The lowest BCUT2D eigenvalue weighted by molar-refractivity contribution is 0.00706. The van der Waals surface area contributed by atoms with Gasteiger partial charge >= 0.3 is 0 Å². The van der Waals surface area contributed by atoms with Crippen LogP contribution in [0.15, 0.2) is 72.2 Å². The molecule has 0 saturated carbocycles. The van der Waals surface area contributed by atoms with E-state index < -0.39 is 6.10 Å². The predicted octanol–water partition coefficient (Wildman–Crippen LogP) is 5.58. The third-order valence-electron chi connectivity index (χ3n) is 6.89. The molecule has 0 aliphatic carbocycles. The lowest BCUT2D eigenvalue weighted by atomic mass is 9.99. The van der Waals surface area contributed by atoms with E-state index in [1.165, 1.54) is 0 Å². The third-order valence-corrected chi connectivity index (χ3v) is 8.02. The predicted molar refractivity (Wildman–Crippen MR) is 143 cm³/mol. The molecule has 186 valence electrons. The maximum atomic E-state index is 9.95. The third kappa shape index (κ3) is 4.21. The van der Waals surface area contributed by atoms with Crippen molar-refractivity contribution in [2.45, 2.75) is 24.4 Å². The largest absolute Gasteiger partial charge is 0.456 e. The van der Waals surface area contributed by atoms with Crippen molar-refractivity contribution in [3.05, 3.63) is 77.3 Å². The van der Waals surface area contributed by atoms with Gasteiger partial charge in [0.05, 0.1) is 29.3 Å². The van der Waals surface area contributed by atoms with E-state index in [-0.39, 0.29) is 24.9 Å². The molecule has 2 fully saturated rings. The summed E-state index contributed by atoms with van der Waals surface area (Å²) in [6.07, 6.45) is 0.214. The summed E-state index contributed by atoms with van der Waals surface area (Å²) in [5.41, 5.74) is 6.80. The average molecular weight is 532 g/mol. The molecule has 37 heavy (non-hydrogen) atoms. The summed E-state index contributed by atoms with van der Waals surface area (Å²) in [6, 6.07) is 21.0. The zero-order valence-electron chi connectivity index (χ0n) is 19.5. The van der Waals surface area contributed by atoms with E-state index in [0.717, 1.165) is 43.9 Å². The summed E-state index contributed by atoms with van der Waals surface area (Å²) < 4.78 is 17.3. The van der Waals surface area contributed by atoms with E-state index >= 15 is 0 Å². The Bertz CT molecular complexity index is 1550. The van der Waals surface area contributed by atoms with Crippen LogP contribution in [0.1, 0.15) is 0 Å². The van der Waals surface area contributed by atoms with Gasteiger partial charge in [-0.3, -0.25) is 0 Å². The van der Waals surface area contributed by atoms with Crippen LogP contribution >= 0.6 is 22.9 Å². The van der Waals surface area contributed by atoms with Crippen molar-refractivity contribution in [1.29, 1.82) is 0 Å². The van der Waals surface area contributed by atoms with Crippen LogP contribution in [0, 0.1) is 0 Å². The molecule has 2 saturated heterocycles. The number of rotatable bonds is 5. The van der Waals surface area contributed by atoms with Crippen LogP contribution in [0.25, 0.3) is 43.9 Å². The SMILES string of the molecule is O[C@@H]1CO[C@H]2[C@@H]1OC[C@H]2Oc1nc2cc(-c3ccc(-c4ccc(-c5nccs5)cc4)cc3)c(Cl)cc2[nH]1. The van der Waals surface area contributed by atoms with E-state index in [1.807, 2.05) is 23.7 Å². The summed E-state index contributed by atoms with van der Waals surface area (Å²) in [5, 5.41) is 13.6. The summed E-state index contributed by atoms with van der Waals surface area (Å²) in [6.45, 7) is 0.598. The monoisotopic (exact) mass is 531 g/mol. The van der Waals surface area contributed by atoms with Crippen LogP contribution < -0.4 is 4.74 Å². The number of benzene rings is 3. The maximum absolute atomic E-state index is 9.95. The zero-order valence-corrected chi connectivity index (χ0v) is 21.1. The molecule has 2 N–H and O–H groups in total. The van der Waals surface area contributed by atoms with E-state index in [1.54, 1.807) is 11.3 Å². The van der Waals surface area contributed by atoms with Gasteiger partial charge in [-0.1, -0.05) is 60.1 Å². The first kappa shape index (κ1) is 22.9. The number of ether oxygens (including phenoxy) is 3. The first-order valence-electron chi connectivity index (χ1n) is 12.0.